The second kappa shape index (κ2) is 16.0. The van der Waals surface area contributed by atoms with E-state index in [0.29, 0.717) is 0 Å². The Morgan fingerprint density at radius 2 is 1.00 bits per heavy atom. The Balaban J connectivity index is 0. The molecule has 0 N–H and O–H groups in total. The van der Waals surface area contributed by atoms with Crippen molar-refractivity contribution in [2.24, 2.45) is 0 Å². The SMILES string of the molecule is [Ba+2].[Ca+2].[O-2].[Ti+4]. The van der Waals surface area contributed by atoms with Crippen LogP contribution in [0.1, 0.15) is 0 Å². The van der Waals surface area contributed by atoms with Crippen molar-refractivity contribution in [3.05, 3.63) is 0 Å². The maximum Gasteiger partial charge on any atom is 4.00 e. The van der Waals surface area contributed by atoms with Gasteiger partial charge in [0.2, 0.25) is 0 Å². The van der Waals surface area contributed by atoms with Crippen molar-refractivity contribution in [1.29, 1.82) is 0 Å². The second-order valence-electron chi connectivity index (χ2n) is 0. The average Bonchev–Trinajstić information content (AvgIpc) is 0. The summed E-state index contributed by atoms with van der Waals surface area (Å²) in [6.07, 6.45) is 0. The van der Waals surface area contributed by atoms with E-state index < -0.39 is 0 Å². The van der Waals surface area contributed by atoms with E-state index in [1.165, 1.54) is 0 Å². The van der Waals surface area contributed by atoms with Gasteiger partial charge in [0, 0.05) is 0 Å². The third-order valence-corrected chi connectivity index (χ3v) is 0. The Morgan fingerprint density at radius 1 is 1.00 bits per heavy atom. The molecule has 0 aliphatic heterocycles. The van der Waals surface area contributed by atoms with Crippen molar-refractivity contribution in [2.75, 3.05) is 0 Å². The predicted octanol–water partition coefficient (Wildman–Crippen LogP) is -0.883. The first kappa shape index (κ1) is 25.8. The van der Waals surface area contributed by atoms with Gasteiger partial charge in [0.25, 0.3) is 0 Å². The molecule has 0 amide bonds. The Morgan fingerprint density at radius 3 is 1.00 bits per heavy atom. The molecule has 0 aromatic carbocycles. The molecule has 0 saturated heterocycles. The summed E-state index contributed by atoms with van der Waals surface area (Å²) in [7, 11) is 0. The standard InChI is InChI=1S/Ba.Ca.O.Ti/q2*+2;-2;+4. The van der Waals surface area contributed by atoms with E-state index in [9.17, 15) is 0 Å². The van der Waals surface area contributed by atoms with Gasteiger partial charge in [-0.3, -0.25) is 0 Å². The van der Waals surface area contributed by atoms with Crippen LogP contribution >= 0.6 is 0 Å². The van der Waals surface area contributed by atoms with E-state index in [4.69, 9.17) is 0 Å². The summed E-state index contributed by atoms with van der Waals surface area (Å²) in [5.74, 6) is 0. The fraction of sp³-hybridized carbons (Fsp3) is 0. The molecule has 8 valence electrons. The molecule has 0 spiro atoms. The minimum absolute atomic E-state index is 0. The normalized spacial score (nSPS) is 0. The van der Waals surface area contributed by atoms with E-state index in [2.05, 4.69) is 0 Å². The fourth-order valence-electron chi connectivity index (χ4n) is 0. The molecule has 0 aliphatic carbocycles. The van der Waals surface area contributed by atoms with Crippen molar-refractivity contribution in [3.8, 4) is 0 Å². The van der Waals surface area contributed by atoms with Gasteiger partial charge in [0.05, 0.1) is 0 Å². The van der Waals surface area contributed by atoms with Gasteiger partial charge in [0.1, 0.15) is 0 Å². The molecule has 0 bridgehead atoms. The van der Waals surface area contributed by atoms with Gasteiger partial charge in [-0.2, -0.15) is 0 Å². The molecule has 4 heteroatoms. The zero-order chi connectivity index (χ0) is 0. The number of hydrogen-bond acceptors (Lipinski definition) is 0. The summed E-state index contributed by atoms with van der Waals surface area (Å²) in [5, 5.41) is 0. The van der Waals surface area contributed by atoms with Gasteiger partial charge in [-0.15, -0.1) is 0 Å². The van der Waals surface area contributed by atoms with Gasteiger partial charge in [-0.05, 0) is 0 Å². The second-order valence-corrected chi connectivity index (χ2v) is 0. The summed E-state index contributed by atoms with van der Waals surface area (Å²) in [6, 6.07) is 0. The molecule has 0 fully saturated rings. The van der Waals surface area contributed by atoms with Crippen LogP contribution < -0.4 is 0 Å². The van der Waals surface area contributed by atoms with Crippen LogP contribution in [0, 0.1) is 0 Å². The Labute approximate surface area is 111 Å². The Bertz CT molecular complexity index is 8.00. The molecule has 0 aliphatic rings. The van der Waals surface area contributed by atoms with Crippen LogP contribution in [0.3, 0.4) is 0 Å². The molecule has 0 aromatic heterocycles. The zero-order valence-electron chi connectivity index (χ0n) is 2.32. The largest absolute Gasteiger partial charge is 4.00 e. The van der Waals surface area contributed by atoms with E-state index in [1.54, 1.807) is 0 Å². The van der Waals surface area contributed by atoms with Crippen LogP contribution in [0.2, 0.25) is 0 Å². The summed E-state index contributed by atoms with van der Waals surface area (Å²) in [5.41, 5.74) is 0. The van der Waals surface area contributed by atoms with Crippen LogP contribution in [0.25, 0.3) is 0 Å². The van der Waals surface area contributed by atoms with E-state index in [-0.39, 0.29) is 114 Å². The monoisotopic (exact) mass is 242 g/mol. The first-order chi connectivity index (χ1) is 0. The molecular weight excluding hydrogens is 241 g/mol. The molecule has 4 heavy (non-hydrogen) atoms. The molecule has 0 unspecified atom stereocenters. The minimum Gasteiger partial charge on any atom is -2.00 e. The van der Waals surface area contributed by atoms with E-state index in [0.717, 1.165) is 0 Å². The van der Waals surface area contributed by atoms with Crippen molar-refractivity contribution in [1.82, 2.24) is 0 Å². The van der Waals surface area contributed by atoms with Crippen molar-refractivity contribution >= 4 is 86.6 Å². The maximum absolute atomic E-state index is 0. The van der Waals surface area contributed by atoms with Crippen LogP contribution in [-0.2, 0) is 27.2 Å². The number of hydrogen-bond donors (Lipinski definition) is 0. The smallest absolute Gasteiger partial charge is 2.00 e. The molecule has 0 atom stereocenters. The summed E-state index contributed by atoms with van der Waals surface area (Å²) >= 11 is 0. The van der Waals surface area contributed by atoms with Crippen LogP contribution in [-0.4, -0.2) is 86.6 Å². The van der Waals surface area contributed by atoms with Crippen LogP contribution in [0.15, 0.2) is 0 Å². The summed E-state index contributed by atoms with van der Waals surface area (Å²) < 4.78 is 0. The average molecular weight is 241 g/mol. The summed E-state index contributed by atoms with van der Waals surface area (Å²) in [6.45, 7) is 0. The van der Waals surface area contributed by atoms with Crippen molar-refractivity contribution in [2.45, 2.75) is 0 Å². The van der Waals surface area contributed by atoms with Crippen LogP contribution in [0.5, 0.6) is 0 Å². The molecule has 0 aromatic rings. The molecule has 1 nitrogen and oxygen atoms in total. The Kier molecular flexibility index (Phi) is 104. The quantitative estimate of drug-likeness (QED) is 0.493. The number of rotatable bonds is 0. The third kappa shape index (κ3) is 9.09. The molecule has 0 saturated carbocycles. The topological polar surface area (TPSA) is 28.5 Å². The van der Waals surface area contributed by atoms with E-state index >= 15 is 0 Å². The maximum atomic E-state index is 0. The van der Waals surface area contributed by atoms with Gasteiger partial charge < -0.3 is 5.48 Å². The van der Waals surface area contributed by atoms with Gasteiger partial charge >= 0.3 is 108 Å². The zero-order valence-corrected chi connectivity index (χ0v) is 10.5. The fourth-order valence-corrected chi connectivity index (χ4v) is 0. The predicted molar refractivity (Wildman–Crippen MR) is 12.2 cm³/mol. The van der Waals surface area contributed by atoms with Gasteiger partial charge in [0.15, 0.2) is 0 Å². The molecule has 0 rings (SSSR count). The van der Waals surface area contributed by atoms with Crippen LogP contribution in [0.4, 0.5) is 0 Å². The molecule has 0 heterocycles. The van der Waals surface area contributed by atoms with Gasteiger partial charge in [-0.1, -0.05) is 0 Å². The minimum atomic E-state index is 0. The first-order valence-corrected chi connectivity index (χ1v) is 0. The van der Waals surface area contributed by atoms with Gasteiger partial charge in [-0.25, -0.2) is 0 Å². The van der Waals surface area contributed by atoms with Crippen molar-refractivity contribution < 1.29 is 27.2 Å². The third-order valence-electron chi connectivity index (χ3n) is 0. The molecular formula is BaCaOTi+6. The first-order valence-electron chi connectivity index (χ1n) is 0. The Hall–Kier alpha value is 3.51. The molecule has 0 radical (unpaired) electrons. The van der Waals surface area contributed by atoms with E-state index in [1.807, 2.05) is 0 Å². The summed E-state index contributed by atoms with van der Waals surface area (Å²) in [4.78, 5) is 0. The van der Waals surface area contributed by atoms with Crippen molar-refractivity contribution in [3.63, 3.8) is 0 Å².